The Bertz CT molecular complexity index is 1160. The number of hydrogen-bond donors (Lipinski definition) is 2. The summed E-state index contributed by atoms with van der Waals surface area (Å²) in [7, 11) is 0. The summed E-state index contributed by atoms with van der Waals surface area (Å²) in [5, 5.41) is 7.53. The molecule has 3 amide bonds. The number of carbonyl (C=O) groups is 3. The van der Waals surface area contributed by atoms with E-state index in [1.54, 1.807) is 29.6 Å². The molecule has 1 aromatic heterocycles. The van der Waals surface area contributed by atoms with Crippen LogP contribution in [-0.4, -0.2) is 30.3 Å². The average molecular weight is 494 g/mol. The van der Waals surface area contributed by atoms with Crippen molar-refractivity contribution in [1.82, 2.24) is 10.6 Å². The maximum atomic E-state index is 13.7. The van der Waals surface area contributed by atoms with E-state index in [1.165, 1.54) is 40.5 Å². The van der Waals surface area contributed by atoms with Gasteiger partial charge in [-0.15, -0.1) is 11.3 Å². The Balaban J connectivity index is 1.67. The number of nitrogens with one attached hydrogen (secondary N) is 2. The maximum Gasteiger partial charge on any atom is 0.261 e. The predicted octanol–water partition coefficient (Wildman–Crippen LogP) is 4.76. The van der Waals surface area contributed by atoms with E-state index in [0.29, 0.717) is 16.1 Å². The Morgan fingerprint density at radius 3 is 2.34 bits per heavy atom. The molecular weight excluding hydrogens is 465 g/mol. The van der Waals surface area contributed by atoms with E-state index in [1.807, 2.05) is 19.1 Å². The molecule has 0 spiro atoms. The van der Waals surface area contributed by atoms with Crippen LogP contribution >= 0.6 is 11.3 Å². The fraction of sp³-hybridized carbons (Fsp3) is 0.296. The maximum absolute atomic E-state index is 13.7. The molecule has 1 saturated carbocycles. The third kappa shape index (κ3) is 6.14. The fourth-order valence-corrected chi connectivity index (χ4v) is 4.93. The van der Waals surface area contributed by atoms with E-state index in [2.05, 4.69) is 10.6 Å². The summed E-state index contributed by atoms with van der Waals surface area (Å²) in [5.74, 6) is -1.57. The first-order valence-electron chi connectivity index (χ1n) is 11.7. The average Bonchev–Trinajstić information content (AvgIpc) is 3.57. The van der Waals surface area contributed by atoms with Crippen molar-refractivity contribution in [2.75, 3.05) is 11.4 Å². The fourth-order valence-electron chi connectivity index (χ4n) is 4.29. The minimum Gasteiger partial charge on any atom is -0.351 e. The normalized spacial score (nSPS) is 14.3. The lowest BCUT2D eigenvalue weighted by molar-refractivity contribution is -0.126. The molecule has 1 aliphatic rings. The van der Waals surface area contributed by atoms with Crippen molar-refractivity contribution in [1.29, 1.82) is 0 Å². The van der Waals surface area contributed by atoms with E-state index in [4.69, 9.17) is 0 Å². The van der Waals surface area contributed by atoms with Gasteiger partial charge in [0.15, 0.2) is 0 Å². The van der Waals surface area contributed by atoms with Gasteiger partial charge < -0.3 is 10.6 Å². The van der Waals surface area contributed by atoms with Crippen LogP contribution in [0.25, 0.3) is 0 Å². The number of hydrogen-bond acceptors (Lipinski definition) is 4. The van der Waals surface area contributed by atoms with Gasteiger partial charge in [-0.2, -0.15) is 0 Å². The summed E-state index contributed by atoms with van der Waals surface area (Å²) in [6.07, 6.45) is 3.86. The molecule has 4 rings (SSSR count). The minimum absolute atomic E-state index is 0.0407. The zero-order chi connectivity index (χ0) is 24.8. The van der Waals surface area contributed by atoms with Crippen LogP contribution in [0.4, 0.5) is 10.1 Å². The third-order valence-corrected chi connectivity index (χ3v) is 6.99. The number of rotatable bonds is 8. The van der Waals surface area contributed by atoms with Crippen LogP contribution in [0.5, 0.6) is 0 Å². The molecule has 6 nitrogen and oxygen atoms in total. The quantitative estimate of drug-likeness (QED) is 0.475. The Morgan fingerprint density at radius 2 is 1.71 bits per heavy atom. The zero-order valence-electron chi connectivity index (χ0n) is 19.5. The van der Waals surface area contributed by atoms with Gasteiger partial charge in [-0.25, -0.2) is 4.39 Å². The van der Waals surface area contributed by atoms with E-state index >= 15 is 0 Å². The molecule has 0 radical (unpaired) electrons. The van der Waals surface area contributed by atoms with Gasteiger partial charge in [0.25, 0.3) is 5.91 Å². The van der Waals surface area contributed by atoms with Crippen LogP contribution in [0.3, 0.4) is 0 Å². The largest absolute Gasteiger partial charge is 0.351 e. The van der Waals surface area contributed by atoms with Crippen molar-refractivity contribution in [3.05, 3.63) is 87.9 Å². The van der Waals surface area contributed by atoms with Crippen molar-refractivity contribution < 1.29 is 18.8 Å². The van der Waals surface area contributed by atoms with Gasteiger partial charge in [-0.3, -0.25) is 19.3 Å². The van der Waals surface area contributed by atoms with Gasteiger partial charge in [0.2, 0.25) is 11.8 Å². The Hall–Kier alpha value is -3.52. The first-order chi connectivity index (χ1) is 16.9. The van der Waals surface area contributed by atoms with Crippen molar-refractivity contribution in [3.63, 3.8) is 0 Å². The third-order valence-electron chi connectivity index (χ3n) is 6.12. The van der Waals surface area contributed by atoms with Crippen LogP contribution in [0.15, 0.2) is 66.0 Å². The van der Waals surface area contributed by atoms with Gasteiger partial charge in [0.05, 0.1) is 11.4 Å². The Labute approximate surface area is 208 Å². The molecule has 1 atom stereocenters. The molecule has 1 unspecified atom stereocenters. The summed E-state index contributed by atoms with van der Waals surface area (Å²) >= 11 is 1.28. The molecule has 1 aliphatic carbocycles. The van der Waals surface area contributed by atoms with Crippen molar-refractivity contribution in [3.8, 4) is 0 Å². The highest BCUT2D eigenvalue weighted by Crippen LogP contribution is 2.30. The van der Waals surface area contributed by atoms with Gasteiger partial charge >= 0.3 is 0 Å². The van der Waals surface area contributed by atoms with Crippen molar-refractivity contribution in [2.45, 2.75) is 44.7 Å². The number of anilines is 1. The summed E-state index contributed by atoms with van der Waals surface area (Å²) in [4.78, 5) is 41.5. The van der Waals surface area contributed by atoms with E-state index in [0.717, 1.165) is 31.2 Å². The van der Waals surface area contributed by atoms with Crippen LogP contribution < -0.4 is 15.5 Å². The second kappa shape index (κ2) is 11.3. The van der Waals surface area contributed by atoms with Gasteiger partial charge in [-0.1, -0.05) is 48.7 Å². The first-order valence-corrected chi connectivity index (χ1v) is 12.6. The van der Waals surface area contributed by atoms with Crippen LogP contribution in [0, 0.1) is 12.7 Å². The SMILES string of the molecule is Cc1ccc(N(C(=O)CNC(=O)c2cccs2)C(C(=O)NC2CCCC2)c2ccc(F)cc2)cc1. The monoisotopic (exact) mass is 493 g/mol. The summed E-state index contributed by atoms with van der Waals surface area (Å²) in [6, 6.07) is 15.3. The Morgan fingerprint density at radius 1 is 1.03 bits per heavy atom. The smallest absolute Gasteiger partial charge is 0.261 e. The number of carbonyl (C=O) groups excluding carboxylic acids is 3. The molecule has 1 fully saturated rings. The molecule has 8 heteroatoms. The molecule has 2 aromatic carbocycles. The number of amides is 3. The standard InChI is InChI=1S/C27H28FN3O3S/c1-18-8-14-22(15-9-18)31(24(32)17-29-26(33)23-7-4-16-35-23)25(19-10-12-20(28)13-11-19)27(34)30-21-5-2-3-6-21/h4,7-16,21,25H,2-3,5-6,17H2,1H3,(H,29,33)(H,30,34). The second-order valence-electron chi connectivity index (χ2n) is 8.70. The molecule has 35 heavy (non-hydrogen) atoms. The van der Waals surface area contributed by atoms with Crippen LogP contribution in [-0.2, 0) is 9.59 Å². The van der Waals surface area contributed by atoms with Gasteiger partial charge in [-0.05, 0) is 61.0 Å². The number of benzene rings is 2. The molecular formula is C27H28FN3O3S. The number of thiophene rings is 1. The summed E-state index contributed by atoms with van der Waals surface area (Å²) in [5.41, 5.74) is 2.00. The number of aryl methyl sites for hydroxylation is 1. The number of nitrogens with zero attached hydrogens (tertiary/aromatic N) is 1. The molecule has 1 heterocycles. The highest BCUT2D eigenvalue weighted by molar-refractivity contribution is 7.12. The summed E-state index contributed by atoms with van der Waals surface area (Å²) < 4.78 is 13.7. The van der Waals surface area contributed by atoms with Crippen LogP contribution in [0.2, 0.25) is 0 Å². The van der Waals surface area contributed by atoms with E-state index in [9.17, 15) is 18.8 Å². The molecule has 0 aliphatic heterocycles. The molecule has 0 saturated heterocycles. The minimum atomic E-state index is -1.02. The van der Waals surface area contributed by atoms with Crippen molar-refractivity contribution in [2.24, 2.45) is 0 Å². The van der Waals surface area contributed by atoms with E-state index < -0.39 is 17.8 Å². The highest BCUT2D eigenvalue weighted by atomic mass is 32.1. The topological polar surface area (TPSA) is 78.5 Å². The lowest BCUT2D eigenvalue weighted by atomic mass is 10.0. The Kier molecular flexibility index (Phi) is 7.92. The molecule has 2 N–H and O–H groups in total. The van der Waals surface area contributed by atoms with E-state index in [-0.39, 0.29) is 24.4 Å². The molecule has 0 bridgehead atoms. The molecule has 3 aromatic rings. The summed E-state index contributed by atoms with van der Waals surface area (Å²) in [6.45, 7) is 1.64. The second-order valence-corrected chi connectivity index (χ2v) is 9.65. The van der Waals surface area contributed by atoms with Crippen LogP contribution in [0.1, 0.15) is 52.5 Å². The van der Waals surface area contributed by atoms with Gasteiger partial charge in [0.1, 0.15) is 11.9 Å². The predicted molar refractivity (Wildman–Crippen MR) is 135 cm³/mol. The highest BCUT2D eigenvalue weighted by Gasteiger charge is 2.34. The zero-order valence-corrected chi connectivity index (χ0v) is 20.3. The lowest BCUT2D eigenvalue weighted by Gasteiger charge is -2.32. The first kappa shape index (κ1) is 24.6. The molecule has 182 valence electrons. The lowest BCUT2D eigenvalue weighted by Crippen LogP contribution is -2.49. The van der Waals surface area contributed by atoms with Gasteiger partial charge in [0, 0.05) is 11.7 Å². The van der Waals surface area contributed by atoms with Crippen molar-refractivity contribution >= 4 is 34.7 Å². The number of halogens is 1.